The summed E-state index contributed by atoms with van der Waals surface area (Å²) in [7, 11) is 0. The molecule has 0 spiro atoms. The van der Waals surface area contributed by atoms with Gasteiger partial charge in [0.25, 0.3) is 0 Å². The predicted octanol–water partition coefficient (Wildman–Crippen LogP) is 2.65. The number of para-hydroxylation sites is 2. The first-order chi connectivity index (χ1) is 8.83. The molecule has 3 aromatic rings. The number of furan rings is 1. The van der Waals surface area contributed by atoms with E-state index < -0.39 is 0 Å². The Kier molecular flexibility index (Phi) is 2.61. The summed E-state index contributed by atoms with van der Waals surface area (Å²) in [5, 5.41) is 0. The topological polar surface area (TPSA) is 56.0 Å². The maximum Gasteiger partial charge on any atom is 0.187 e. The Morgan fingerprint density at radius 1 is 1.17 bits per heavy atom. The van der Waals surface area contributed by atoms with Crippen LogP contribution in [-0.4, -0.2) is 15.8 Å². The van der Waals surface area contributed by atoms with E-state index in [1.165, 1.54) is 6.20 Å². The first-order valence-electron chi connectivity index (χ1n) is 5.59. The molecule has 0 saturated carbocycles. The average Bonchev–Trinajstić information content (AvgIpc) is 2.91. The number of carbonyl (C=O) groups excluding carboxylic acids is 1. The Bertz CT molecular complexity index is 690. The van der Waals surface area contributed by atoms with Gasteiger partial charge < -0.3 is 4.42 Å². The lowest BCUT2D eigenvalue weighted by molar-refractivity contribution is 0.0988. The summed E-state index contributed by atoms with van der Waals surface area (Å²) in [4.78, 5) is 20.5. The minimum Gasteiger partial charge on any atom is -0.472 e. The smallest absolute Gasteiger partial charge is 0.187 e. The van der Waals surface area contributed by atoms with Crippen LogP contribution in [0, 0.1) is 0 Å². The predicted molar refractivity (Wildman–Crippen MR) is 66.3 cm³/mol. The second-order valence-electron chi connectivity index (χ2n) is 3.98. The highest BCUT2D eigenvalue weighted by Gasteiger charge is 2.10. The van der Waals surface area contributed by atoms with E-state index in [2.05, 4.69) is 9.97 Å². The number of nitrogens with zero attached hydrogens (tertiary/aromatic N) is 2. The van der Waals surface area contributed by atoms with Crippen molar-refractivity contribution in [3.05, 3.63) is 60.3 Å². The van der Waals surface area contributed by atoms with Gasteiger partial charge in [-0.1, -0.05) is 12.1 Å². The Hall–Kier alpha value is -2.49. The monoisotopic (exact) mass is 238 g/mol. The first-order valence-corrected chi connectivity index (χ1v) is 5.59. The van der Waals surface area contributed by atoms with Gasteiger partial charge in [0, 0.05) is 6.42 Å². The molecule has 0 saturated heterocycles. The van der Waals surface area contributed by atoms with Crippen LogP contribution in [-0.2, 0) is 6.42 Å². The number of carbonyl (C=O) groups is 1. The number of hydrogen-bond acceptors (Lipinski definition) is 4. The molecule has 4 nitrogen and oxygen atoms in total. The normalized spacial score (nSPS) is 10.7. The molecule has 2 aromatic heterocycles. The van der Waals surface area contributed by atoms with E-state index in [0.29, 0.717) is 5.69 Å². The number of Topliss-reactive ketones (excluding diaryl/α,β-unsaturated/α-hetero) is 1. The van der Waals surface area contributed by atoms with E-state index >= 15 is 0 Å². The maximum absolute atomic E-state index is 12.0. The van der Waals surface area contributed by atoms with Crippen molar-refractivity contribution in [2.24, 2.45) is 0 Å². The number of ketones is 1. The zero-order valence-electron chi connectivity index (χ0n) is 9.54. The Morgan fingerprint density at radius 2 is 2.00 bits per heavy atom. The largest absolute Gasteiger partial charge is 0.472 e. The van der Waals surface area contributed by atoms with Crippen molar-refractivity contribution in [1.82, 2.24) is 9.97 Å². The molecular formula is C14H10N2O2. The number of fused-ring (bicyclic) bond motifs is 1. The van der Waals surface area contributed by atoms with Gasteiger partial charge in [-0.15, -0.1) is 0 Å². The summed E-state index contributed by atoms with van der Waals surface area (Å²) >= 11 is 0. The van der Waals surface area contributed by atoms with E-state index in [0.717, 1.165) is 16.6 Å². The van der Waals surface area contributed by atoms with Crippen LogP contribution in [0.4, 0.5) is 0 Å². The molecule has 0 N–H and O–H groups in total. The number of benzene rings is 1. The van der Waals surface area contributed by atoms with Crippen molar-refractivity contribution in [1.29, 1.82) is 0 Å². The molecule has 88 valence electrons. The molecular weight excluding hydrogens is 228 g/mol. The molecule has 0 bridgehead atoms. The van der Waals surface area contributed by atoms with Gasteiger partial charge in [-0.25, -0.2) is 4.98 Å². The van der Waals surface area contributed by atoms with Gasteiger partial charge >= 0.3 is 0 Å². The van der Waals surface area contributed by atoms with Crippen molar-refractivity contribution in [2.75, 3.05) is 0 Å². The molecule has 0 fully saturated rings. The van der Waals surface area contributed by atoms with Gasteiger partial charge in [-0.3, -0.25) is 9.78 Å². The molecule has 4 heteroatoms. The fourth-order valence-electron chi connectivity index (χ4n) is 1.76. The first kappa shape index (κ1) is 10.7. The van der Waals surface area contributed by atoms with Crippen LogP contribution in [0.15, 0.2) is 53.5 Å². The van der Waals surface area contributed by atoms with Gasteiger partial charge in [0.2, 0.25) is 0 Å². The summed E-state index contributed by atoms with van der Waals surface area (Å²) in [5.74, 6) is -0.0605. The van der Waals surface area contributed by atoms with Gasteiger partial charge in [0.05, 0.1) is 29.8 Å². The number of hydrogen-bond donors (Lipinski definition) is 0. The van der Waals surface area contributed by atoms with Gasteiger partial charge in [-0.2, -0.15) is 0 Å². The van der Waals surface area contributed by atoms with Crippen LogP contribution < -0.4 is 0 Å². The van der Waals surface area contributed by atoms with Crippen LogP contribution in [0.2, 0.25) is 0 Å². The third-order valence-electron chi connectivity index (χ3n) is 2.68. The van der Waals surface area contributed by atoms with Crippen LogP contribution in [0.3, 0.4) is 0 Å². The van der Waals surface area contributed by atoms with E-state index in [4.69, 9.17) is 4.42 Å². The minimum absolute atomic E-state index is 0.0605. The summed E-state index contributed by atoms with van der Waals surface area (Å²) < 4.78 is 4.93. The highest BCUT2D eigenvalue weighted by Crippen LogP contribution is 2.11. The zero-order chi connectivity index (χ0) is 12.4. The van der Waals surface area contributed by atoms with Crippen molar-refractivity contribution in [2.45, 2.75) is 6.42 Å². The average molecular weight is 238 g/mol. The highest BCUT2D eigenvalue weighted by molar-refractivity contribution is 5.96. The molecule has 0 radical (unpaired) electrons. The lowest BCUT2D eigenvalue weighted by Gasteiger charge is -2.00. The van der Waals surface area contributed by atoms with Crippen LogP contribution in [0.25, 0.3) is 11.0 Å². The second-order valence-corrected chi connectivity index (χ2v) is 3.98. The zero-order valence-corrected chi connectivity index (χ0v) is 9.54. The quantitative estimate of drug-likeness (QED) is 0.658. The van der Waals surface area contributed by atoms with Crippen LogP contribution >= 0.6 is 0 Å². The summed E-state index contributed by atoms with van der Waals surface area (Å²) in [6.07, 6.45) is 4.91. The summed E-state index contributed by atoms with van der Waals surface area (Å²) in [5.41, 5.74) is 2.75. The van der Waals surface area contributed by atoms with Gasteiger partial charge in [0.15, 0.2) is 5.78 Å². The number of aromatic nitrogens is 2. The minimum atomic E-state index is -0.0605. The molecule has 1 aromatic carbocycles. The van der Waals surface area contributed by atoms with Gasteiger partial charge in [0.1, 0.15) is 5.69 Å². The summed E-state index contributed by atoms with van der Waals surface area (Å²) in [6.45, 7) is 0. The second kappa shape index (κ2) is 4.41. The molecule has 0 amide bonds. The molecule has 0 aliphatic carbocycles. The van der Waals surface area contributed by atoms with Crippen molar-refractivity contribution in [3.63, 3.8) is 0 Å². The Morgan fingerprint density at radius 3 is 2.78 bits per heavy atom. The SMILES string of the molecule is O=C(Cc1ccoc1)c1cnc2ccccc2n1. The van der Waals surface area contributed by atoms with Crippen LogP contribution in [0.1, 0.15) is 16.1 Å². The number of rotatable bonds is 3. The fraction of sp³-hybridized carbons (Fsp3) is 0.0714. The lowest BCUT2D eigenvalue weighted by atomic mass is 10.1. The Balaban J connectivity index is 1.92. The highest BCUT2D eigenvalue weighted by atomic mass is 16.3. The molecule has 18 heavy (non-hydrogen) atoms. The third-order valence-corrected chi connectivity index (χ3v) is 2.68. The molecule has 0 unspecified atom stereocenters. The van der Waals surface area contributed by atoms with Gasteiger partial charge in [-0.05, 0) is 23.8 Å². The van der Waals surface area contributed by atoms with E-state index in [-0.39, 0.29) is 12.2 Å². The molecule has 0 aliphatic rings. The fourth-order valence-corrected chi connectivity index (χ4v) is 1.76. The van der Waals surface area contributed by atoms with Crippen molar-refractivity contribution in [3.8, 4) is 0 Å². The van der Waals surface area contributed by atoms with E-state index in [1.807, 2.05) is 24.3 Å². The Labute approximate surface area is 103 Å². The lowest BCUT2D eigenvalue weighted by Crippen LogP contribution is -2.06. The molecule has 2 heterocycles. The maximum atomic E-state index is 12.0. The standard InChI is InChI=1S/C14H10N2O2/c17-14(7-10-5-6-18-9-10)13-8-15-11-3-1-2-4-12(11)16-13/h1-6,8-9H,7H2. The van der Waals surface area contributed by atoms with E-state index in [9.17, 15) is 4.79 Å². The van der Waals surface area contributed by atoms with Crippen molar-refractivity contribution < 1.29 is 9.21 Å². The molecule has 3 rings (SSSR count). The van der Waals surface area contributed by atoms with E-state index in [1.54, 1.807) is 18.6 Å². The third kappa shape index (κ3) is 2.00. The molecule has 0 atom stereocenters. The van der Waals surface area contributed by atoms with Crippen LogP contribution in [0.5, 0.6) is 0 Å². The molecule has 0 aliphatic heterocycles. The van der Waals surface area contributed by atoms with Crippen molar-refractivity contribution >= 4 is 16.8 Å². The summed E-state index contributed by atoms with van der Waals surface area (Å²) in [6, 6.07) is 9.25.